The van der Waals surface area contributed by atoms with E-state index in [4.69, 9.17) is 14.2 Å². The molecule has 0 bridgehead atoms. The molecule has 44 heavy (non-hydrogen) atoms. The van der Waals surface area contributed by atoms with Crippen molar-refractivity contribution in [1.29, 1.82) is 0 Å². The molecule has 0 aromatic rings. The average molecular weight is 627 g/mol. The minimum absolute atomic E-state index is 0.0353. The lowest BCUT2D eigenvalue weighted by molar-refractivity contribution is -0.158. The van der Waals surface area contributed by atoms with Crippen LogP contribution in [0.15, 0.2) is 0 Å². The fraction of sp³-hybridized carbons (Fsp3) is 0.844. The molecule has 0 radical (unpaired) electrons. The standard InChI is InChI=1S/C32H58N4O8/c1-24(37)20-26(25(2)38)36-18-16-34(22-28(40)43-31(6,7)8)14-12-33(21-27(39)42-30(3,4)5)13-15-35(17-19-36)23-29(41)44-32(9,10)11/h26H,12-23H2,1-11H3. The highest BCUT2D eigenvalue weighted by Gasteiger charge is 2.29. The molecule has 1 aliphatic heterocycles. The second-order valence-corrected chi connectivity index (χ2v) is 14.7. The fourth-order valence-corrected chi connectivity index (χ4v) is 4.81. The quantitative estimate of drug-likeness (QED) is 0.261. The van der Waals surface area contributed by atoms with Crippen LogP contribution < -0.4 is 0 Å². The largest absolute Gasteiger partial charge is 0.459 e. The summed E-state index contributed by atoms with van der Waals surface area (Å²) >= 11 is 0. The van der Waals surface area contributed by atoms with Crippen LogP contribution in [-0.2, 0) is 38.2 Å². The predicted molar refractivity (Wildman–Crippen MR) is 168 cm³/mol. The third-order valence-corrected chi connectivity index (χ3v) is 6.58. The van der Waals surface area contributed by atoms with Crippen LogP contribution in [0.4, 0.5) is 0 Å². The molecule has 1 rings (SSSR count). The summed E-state index contributed by atoms with van der Waals surface area (Å²) in [6.07, 6.45) is 0.0805. The number of rotatable bonds is 10. The first-order chi connectivity index (χ1) is 20.0. The summed E-state index contributed by atoms with van der Waals surface area (Å²) in [5.74, 6) is -1.31. The van der Waals surface area contributed by atoms with E-state index < -0.39 is 22.8 Å². The van der Waals surface area contributed by atoms with Gasteiger partial charge >= 0.3 is 17.9 Å². The number of ether oxygens (including phenoxy) is 3. The minimum atomic E-state index is -0.642. The first kappa shape index (κ1) is 39.6. The molecule has 0 aromatic heterocycles. The zero-order valence-corrected chi connectivity index (χ0v) is 29.1. The van der Waals surface area contributed by atoms with Crippen molar-refractivity contribution in [1.82, 2.24) is 19.6 Å². The molecule has 0 amide bonds. The van der Waals surface area contributed by atoms with Gasteiger partial charge in [0.25, 0.3) is 0 Å². The van der Waals surface area contributed by atoms with Crippen molar-refractivity contribution in [2.45, 2.75) is 105 Å². The van der Waals surface area contributed by atoms with Gasteiger partial charge in [0.1, 0.15) is 28.4 Å². The molecule has 1 atom stereocenters. The monoisotopic (exact) mass is 626 g/mol. The molecule has 1 fully saturated rings. The highest BCUT2D eigenvalue weighted by Crippen LogP contribution is 2.13. The smallest absolute Gasteiger partial charge is 0.320 e. The Labute approximate surface area is 264 Å². The van der Waals surface area contributed by atoms with Crippen molar-refractivity contribution >= 4 is 29.5 Å². The van der Waals surface area contributed by atoms with Gasteiger partial charge in [0.05, 0.1) is 25.7 Å². The molecule has 0 N–H and O–H groups in total. The van der Waals surface area contributed by atoms with Gasteiger partial charge in [-0.15, -0.1) is 0 Å². The Hall–Kier alpha value is -2.41. The lowest BCUT2D eigenvalue weighted by Crippen LogP contribution is -2.52. The van der Waals surface area contributed by atoms with Crippen molar-refractivity contribution in [2.24, 2.45) is 0 Å². The Balaban J connectivity index is 3.34. The Kier molecular flexibility index (Phi) is 15.6. The number of esters is 3. The highest BCUT2D eigenvalue weighted by atomic mass is 16.6. The molecule has 1 saturated heterocycles. The lowest BCUT2D eigenvalue weighted by Gasteiger charge is -2.36. The van der Waals surface area contributed by atoms with E-state index in [0.717, 1.165) is 0 Å². The van der Waals surface area contributed by atoms with Crippen LogP contribution in [0.25, 0.3) is 0 Å². The molecular weight excluding hydrogens is 568 g/mol. The maximum atomic E-state index is 12.8. The summed E-state index contributed by atoms with van der Waals surface area (Å²) in [6, 6.07) is -0.620. The third kappa shape index (κ3) is 18.4. The predicted octanol–water partition coefficient (Wildman–Crippen LogP) is 2.17. The van der Waals surface area contributed by atoms with Crippen LogP contribution in [0.5, 0.6) is 0 Å². The normalized spacial score (nSPS) is 18.4. The molecule has 0 spiro atoms. The number of nitrogens with zero attached hydrogens (tertiary/aromatic N) is 4. The van der Waals surface area contributed by atoms with Gasteiger partial charge in [0.15, 0.2) is 0 Å². The van der Waals surface area contributed by atoms with Crippen molar-refractivity contribution in [3.8, 4) is 0 Å². The zero-order valence-electron chi connectivity index (χ0n) is 29.1. The lowest BCUT2D eigenvalue weighted by atomic mass is 10.1. The van der Waals surface area contributed by atoms with Gasteiger partial charge in [-0.3, -0.25) is 43.6 Å². The summed E-state index contributed by atoms with van der Waals surface area (Å²) < 4.78 is 16.7. The molecule has 12 nitrogen and oxygen atoms in total. The maximum Gasteiger partial charge on any atom is 0.320 e. The highest BCUT2D eigenvalue weighted by molar-refractivity contribution is 5.88. The Bertz CT molecular complexity index is 934. The average Bonchev–Trinajstić information content (AvgIpc) is 2.79. The molecule has 0 saturated carbocycles. The first-order valence-electron chi connectivity index (χ1n) is 15.6. The van der Waals surface area contributed by atoms with E-state index >= 15 is 0 Å². The van der Waals surface area contributed by atoms with Crippen LogP contribution in [0.2, 0.25) is 0 Å². The van der Waals surface area contributed by atoms with Crippen LogP contribution in [0.3, 0.4) is 0 Å². The number of carbonyl (C=O) groups excluding carboxylic acids is 5. The Morgan fingerprint density at radius 1 is 0.523 bits per heavy atom. The second kappa shape index (κ2) is 17.3. The zero-order chi connectivity index (χ0) is 33.9. The van der Waals surface area contributed by atoms with Gasteiger partial charge in [0, 0.05) is 58.8 Å². The van der Waals surface area contributed by atoms with E-state index in [1.807, 2.05) is 81.9 Å². The van der Waals surface area contributed by atoms with Gasteiger partial charge in [-0.05, 0) is 76.2 Å². The molecule has 1 unspecified atom stereocenters. The van der Waals surface area contributed by atoms with E-state index in [9.17, 15) is 24.0 Å². The Morgan fingerprint density at radius 3 is 1.02 bits per heavy atom. The number of ketones is 2. The van der Waals surface area contributed by atoms with Gasteiger partial charge in [-0.1, -0.05) is 0 Å². The Morgan fingerprint density at radius 2 is 0.795 bits per heavy atom. The summed E-state index contributed by atoms with van der Waals surface area (Å²) in [7, 11) is 0. The topological polar surface area (TPSA) is 126 Å². The second-order valence-electron chi connectivity index (χ2n) is 14.7. The van der Waals surface area contributed by atoms with Crippen LogP contribution >= 0.6 is 0 Å². The van der Waals surface area contributed by atoms with Crippen molar-refractivity contribution in [2.75, 3.05) is 72.0 Å². The molecule has 1 aliphatic rings. The number of hydrogen-bond donors (Lipinski definition) is 0. The molecule has 0 aromatic carbocycles. The van der Waals surface area contributed by atoms with Crippen molar-refractivity contribution < 1.29 is 38.2 Å². The van der Waals surface area contributed by atoms with Crippen molar-refractivity contribution in [3.63, 3.8) is 0 Å². The van der Waals surface area contributed by atoms with Crippen LogP contribution in [-0.4, -0.2) is 144 Å². The molecule has 0 aliphatic carbocycles. The summed E-state index contributed by atoms with van der Waals surface area (Å²) in [5, 5.41) is 0. The van der Waals surface area contributed by atoms with Crippen LogP contribution in [0.1, 0.15) is 82.6 Å². The summed E-state index contributed by atoms with van der Waals surface area (Å²) in [6.45, 7) is 22.9. The van der Waals surface area contributed by atoms with E-state index in [1.54, 1.807) is 0 Å². The van der Waals surface area contributed by atoms with E-state index in [2.05, 4.69) is 0 Å². The summed E-state index contributed by atoms with van der Waals surface area (Å²) in [4.78, 5) is 71.1. The maximum absolute atomic E-state index is 12.8. The van der Waals surface area contributed by atoms with E-state index in [1.165, 1.54) is 13.8 Å². The fourth-order valence-electron chi connectivity index (χ4n) is 4.81. The summed E-state index contributed by atoms with van der Waals surface area (Å²) in [5.41, 5.74) is -1.92. The van der Waals surface area contributed by atoms with Gasteiger partial charge in [-0.25, -0.2) is 0 Å². The van der Waals surface area contributed by atoms with Crippen LogP contribution in [0, 0.1) is 0 Å². The molecule has 1 heterocycles. The van der Waals surface area contributed by atoms with Crippen molar-refractivity contribution in [3.05, 3.63) is 0 Å². The third-order valence-electron chi connectivity index (χ3n) is 6.58. The van der Waals surface area contributed by atoms with Gasteiger partial charge < -0.3 is 14.2 Å². The molecular formula is C32H58N4O8. The number of carbonyl (C=O) groups is 5. The minimum Gasteiger partial charge on any atom is -0.459 e. The van der Waals surface area contributed by atoms with E-state index in [-0.39, 0.29) is 55.5 Å². The van der Waals surface area contributed by atoms with Gasteiger partial charge in [0.2, 0.25) is 0 Å². The number of hydrogen-bond acceptors (Lipinski definition) is 12. The number of Topliss-reactive ketones (excluding diaryl/α,β-unsaturated/α-hetero) is 2. The SMILES string of the molecule is CC(=O)CC(C(C)=O)N1CCN(CC(=O)OC(C)(C)C)CCN(CC(=O)OC(C)(C)C)CCN(CC(=O)OC(C)(C)C)CC1. The molecule has 12 heteroatoms. The van der Waals surface area contributed by atoms with Gasteiger partial charge in [-0.2, -0.15) is 0 Å². The van der Waals surface area contributed by atoms with E-state index in [0.29, 0.717) is 52.4 Å². The first-order valence-corrected chi connectivity index (χ1v) is 15.6. The molecule has 254 valence electrons.